The zero-order valence-electron chi connectivity index (χ0n) is 11.4. The summed E-state index contributed by atoms with van der Waals surface area (Å²) in [6, 6.07) is 7.35. The van der Waals surface area contributed by atoms with Crippen molar-refractivity contribution < 1.29 is 4.79 Å². The molecule has 4 heteroatoms. The fraction of sp³-hybridized carbons (Fsp3) is 0.500. The van der Waals surface area contributed by atoms with Gasteiger partial charge < -0.3 is 10.6 Å². The number of halogens is 1. The molecule has 1 aromatic rings. The van der Waals surface area contributed by atoms with Crippen molar-refractivity contribution in [3.05, 3.63) is 29.3 Å². The smallest absolute Gasteiger partial charge is 0.238 e. The van der Waals surface area contributed by atoms with Crippen molar-refractivity contribution in [2.24, 2.45) is 5.41 Å². The molecule has 2 N–H and O–H groups in total. The third kappa shape index (κ3) is 5.07. The van der Waals surface area contributed by atoms with Gasteiger partial charge in [0.25, 0.3) is 0 Å². The summed E-state index contributed by atoms with van der Waals surface area (Å²) in [5.41, 5.74) is 0.898. The summed E-state index contributed by atoms with van der Waals surface area (Å²) in [6.07, 6.45) is 0. The van der Waals surface area contributed by atoms with E-state index in [1.165, 1.54) is 0 Å². The summed E-state index contributed by atoms with van der Waals surface area (Å²) < 4.78 is 0. The van der Waals surface area contributed by atoms with Gasteiger partial charge in [0.2, 0.25) is 5.91 Å². The molecule has 0 heterocycles. The zero-order valence-corrected chi connectivity index (χ0v) is 12.1. The molecule has 0 aliphatic carbocycles. The molecule has 1 aromatic carbocycles. The maximum absolute atomic E-state index is 11.7. The lowest BCUT2D eigenvalue weighted by atomic mass is 9.88. The molecule has 0 aliphatic rings. The van der Waals surface area contributed by atoms with E-state index in [-0.39, 0.29) is 17.4 Å². The second kappa shape index (κ2) is 6.21. The molecular weight excluding hydrogens is 248 g/mol. The summed E-state index contributed by atoms with van der Waals surface area (Å²) in [4.78, 5) is 11.7. The summed E-state index contributed by atoms with van der Waals surface area (Å²) in [7, 11) is 0. The quantitative estimate of drug-likeness (QED) is 0.880. The van der Waals surface area contributed by atoms with Crippen LogP contribution in [0.25, 0.3) is 0 Å². The first-order valence-electron chi connectivity index (χ1n) is 6.08. The molecule has 0 aromatic heterocycles. The molecule has 3 nitrogen and oxygen atoms in total. The van der Waals surface area contributed by atoms with E-state index in [1.54, 1.807) is 24.3 Å². The topological polar surface area (TPSA) is 41.1 Å². The van der Waals surface area contributed by atoms with E-state index in [0.717, 1.165) is 5.69 Å². The van der Waals surface area contributed by atoms with Gasteiger partial charge in [0.1, 0.15) is 0 Å². The molecule has 1 rings (SSSR count). The van der Waals surface area contributed by atoms with E-state index in [1.807, 2.05) is 0 Å². The van der Waals surface area contributed by atoms with E-state index < -0.39 is 0 Å². The van der Waals surface area contributed by atoms with Gasteiger partial charge in [-0.05, 0) is 36.6 Å². The monoisotopic (exact) mass is 268 g/mol. The molecule has 100 valence electrons. The van der Waals surface area contributed by atoms with Crippen molar-refractivity contribution in [2.45, 2.75) is 33.7 Å². The van der Waals surface area contributed by atoms with Crippen molar-refractivity contribution in [1.29, 1.82) is 0 Å². The van der Waals surface area contributed by atoms with Gasteiger partial charge in [0.15, 0.2) is 0 Å². The highest BCUT2D eigenvalue weighted by molar-refractivity contribution is 6.30. The van der Waals surface area contributed by atoms with Crippen LogP contribution in [0.3, 0.4) is 0 Å². The molecule has 0 fully saturated rings. The number of carbonyl (C=O) groups is 1. The molecule has 0 aliphatic heterocycles. The second-order valence-electron chi connectivity index (χ2n) is 5.52. The first-order valence-corrected chi connectivity index (χ1v) is 6.45. The van der Waals surface area contributed by atoms with Crippen LogP contribution in [0.5, 0.6) is 0 Å². The van der Waals surface area contributed by atoms with Gasteiger partial charge in [0, 0.05) is 16.8 Å². The van der Waals surface area contributed by atoms with E-state index >= 15 is 0 Å². The molecule has 1 atom stereocenters. The Bertz CT molecular complexity index is 395. The van der Waals surface area contributed by atoms with Crippen molar-refractivity contribution in [1.82, 2.24) is 5.32 Å². The zero-order chi connectivity index (χ0) is 13.8. The van der Waals surface area contributed by atoms with Crippen LogP contribution in [0, 0.1) is 5.41 Å². The number of carbonyl (C=O) groups excluding carboxylic acids is 1. The van der Waals surface area contributed by atoms with Crippen LogP contribution in [0.2, 0.25) is 5.02 Å². The number of nitrogens with one attached hydrogen (secondary N) is 2. The molecule has 0 bridgehead atoms. The number of benzene rings is 1. The van der Waals surface area contributed by atoms with Gasteiger partial charge in [-0.25, -0.2) is 0 Å². The lowest BCUT2D eigenvalue weighted by Gasteiger charge is -2.27. The van der Waals surface area contributed by atoms with Gasteiger partial charge >= 0.3 is 0 Å². The van der Waals surface area contributed by atoms with Gasteiger partial charge in [-0.15, -0.1) is 0 Å². The Morgan fingerprint density at radius 2 is 1.83 bits per heavy atom. The highest BCUT2D eigenvalue weighted by Gasteiger charge is 2.19. The summed E-state index contributed by atoms with van der Waals surface area (Å²) >= 11 is 5.78. The predicted molar refractivity (Wildman–Crippen MR) is 77.0 cm³/mol. The van der Waals surface area contributed by atoms with E-state index in [4.69, 9.17) is 11.6 Å². The largest absolute Gasteiger partial charge is 0.325 e. The fourth-order valence-electron chi connectivity index (χ4n) is 1.29. The van der Waals surface area contributed by atoms with Crippen molar-refractivity contribution in [2.75, 3.05) is 11.9 Å². The van der Waals surface area contributed by atoms with Gasteiger partial charge in [-0.1, -0.05) is 32.4 Å². The molecule has 0 saturated carbocycles. The van der Waals surface area contributed by atoms with Gasteiger partial charge in [0.05, 0.1) is 6.54 Å². The summed E-state index contributed by atoms with van der Waals surface area (Å²) in [5, 5.41) is 6.69. The van der Waals surface area contributed by atoms with Crippen LogP contribution in [-0.4, -0.2) is 18.5 Å². The Balaban J connectivity index is 2.41. The molecule has 18 heavy (non-hydrogen) atoms. The van der Waals surface area contributed by atoms with Crippen molar-refractivity contribution >= 4 is 23.2 Å². The van der Waals surface area contributed by atoms with E-state index in [2.05, 4.69) is 38.3 Å². The fourth-order valence-corrected chi connectivity index (χ4v) is 1.42. The third-order valence-corrected chi connectivity index (χ3v) is 3.25. The normalized spacial score (nSPS) is 13.2. The first kappa shape index (κ1) is 15.0. The minimum atomic E-state index is -0.0478. The molecule has 0 spiro atoms. The summed E-state index contributed by atoms with van der Waals surface area (Å²) in [6.45, 7) is 8.81. The van der Waals surface area contributed by atoms with Crippen LogP contribution in [0.1, 0.15) is 27.7 Å². The van der Waals surface area contributed by atoms with Crippen LogP contribution in [0.15, 0.2) is 24.3 Å². The summed E-state index contributed by atoms with van der Waals surface area (Å²) in [5.74, 6) is -0.0478. The Labute approximate surface area is 114 Å². The van der Waals surface area contributed by atoms with Gasteiger partial charge in [-0.2, -0.15) is 0 Å². The van der Waals surface area contributed by atoms with Gasteiger partial charge in [-0.3, -0.25) is 4.79 Å². The lowest BCUT2D eigenvalue weighted by Crippen LogP contribution is -2.41. The Morgan fingerprint density at radius 1 is 1.28 bits per heavy atom. The number of anilines is 1. The van der Waals surface area contributed by atoms with Crippen LogP contribution in [0.4, 0.5) is 5.69 Å². The number of rotatable bonds is 4. The van der Waals surface area contributed by atoms with Crippen molar-refractivity contribution in [3.63, 3.8) is 0 Å². The lowest BCUT2D eigenvalue weighted by molar-refractivity contribution is -0.115. The Morgan fingerprint density at radius 3 is 2.33 bits per heavy atom. The first-order chi connectivity index (χ1) is 8.29. The highest BCUT2D eigenvalue weighted by Crippen LogP contribution is 2.18. The molecular formula is C14H21ClN2O. The molecule has 1 amide bonds. The predicted octanol–water partition coefficient (Wildman–Crippen LogP) is 3.30. The van der Waals surface area contributed by atoms with E-state index in [9.17, 15) is 4.79 Å². The Hall–Kier alpha value is -1.06. The number of hydrogen-bond donors (Lipinski definition) is 2. The average molecular weight is 269 g/mol. The van der Waals surface area contributed by atoms with E-state index in [0.29, 0.717) is 11.6 Å². The SMILES string of the molecule is CC(NCC(=O)Nc1ccc(Cl)cc1)C(C)(C)C. The van der Waals surface area contributed by atoms with Crippen LogP contribution >= 0.6 is 11.6 Å². The maximum Gasteiger partial charge on any atom is 0.238 e. The number of hydrogen-bond acceptors (Lipinski definition) is 2. The minimum Gasteiger partial charge on any atom is -0.325 e. The molecule has 1 unspecified atom stereocenters. The third-order valence-electron chi connectivity index (χ3n) is 3.00. The molecule has 0 saturated heterocycles. The average Bonchev–Trinajstić information content (AvgIpc) is 2.28. The maximum atomic E-state index is 11.7. The second-order valence-corrected chi connectivity index (χ2v) is 5.96. The highest BCUT2D eigenvalue weighted by atomic mass is 35.5. The minimum absolute atomic E-state index is 0.0478. The standard InChI is InChI=1S/C14H21ClN2O/c1-10(14(2,3)4)16-9-13(18)17-12-7-5-11(15)6-8-12/h5-8,10,16H,9H2,1-4H3,(H,17,18). The van der Waals surface area contributed by atoms with Crippen LogP contribution < -0.4 is 10.6 Å². The molecule has 0 radical (unpaired) electrons. The Kier molecular flexibility index (Phi) is 5.17. The van der Waals surface area contributed by atoms with Crippen LogP contribution in [-0.2, 0) is 4.79 Å². The van der Waals surface area contributed by atoms with Crippen molar-refractivity contribution in [3.8, 4) is 0 Å². The number of amides is 1.